The molecule has 0 aliphatic carbocycles. The second-order valence-corrected chi connectivity index (χ2v) is 5.56. The van der Waals surface area contributed by atoms with E-state index in [2.05, 4.69) is 0 Å². The van der Waals surface area contributed by atoms with Crippen LogP contribution in [0.2, 0.25) is 0 Å². The standard InChI is InChI=1S/C10H14O.C8H10O/c1-10(2,11)8-9-6-4-3-5-7-9;1-7(9)8-5-3-2-4-6-8/h3-7,11H,8H2,1-2H3;2-7,9H,1H3. The molecule has 1 unspecified atom stereocenters. The first-order valence-electron chi connectivity index (χ1n) is 6.88. The van der Waals surface area contributed by atoms with Crippen LogP contribution in [0.4, 0.5) is 0 Å². The van der Waals surface area contributed by atoms with E-state index in [9.17, 15) is 5.11 Å². The van der Waals surface area contributed by atoms with Crippen molar-refractivity contribution in [3.8, 4) is 0 Å². The predicted octanol–water partition coefficient (Wildman–Crippen LogP) is 3.74. The van der Waals surface area contributed by atoms with E-state index in [-0.39, 0.29) is 6.10 Å². The maximum atomic E-state index is 9.47. The summed E-state index contributed by atoms with van der Waals surface area (Å²) in [6, 6.07) is 19.6. The summed E-state index contributed by atoms with van der Waals surface area (Å²) in [6.07, 6.45) is 0.375. The molecule has 2 nitrogen and oxygen atoms in total. The monoisotopic (exact) mass is 272 g/mol. The number of aliphatic hydroxyl groups is 2. The van der Waals surface area contributed by atoms with E-state index in [4.69, 9.17) is 5.11 Å². The van der Waals surface area contributed by atoms with Gasteiger partial charge in [-0.3, -0.25) is 0 Å². The van der Waals surface area contributed by atoms with Gasteiger partial charge in [0.25, 0.3) is 0 Å². The maximum Gasteiger partial charge on any atom is 0.0761 e. The first-order chi connectivity index (χ1) is 9.38. The predicted molar refractivity (Wildman–Crippen MR) is 83.5 cm³/mol. The fraction of sp³-hybridized carbons (Fsp3) is 0.333. The average Bonchev–Trinajstić information content (AvgIpc) is 2.40. The number of hydrogen-bond donors (Lipinski definition) is 2. The third kappa shape index (κ3) is 7.07. The van der Waals surface area contributed by atoms with Crippen LogP contribution in [0, 0.1) is 0 Å². The first-order valence-corrected chi connectivity index (χ1v) is 6.88. The first kappa shape index (κ1) is 16.4. The molecule has 0 spiro atoms. The number of aliphatic hydroxyl groups excluding tert-OH is 1. The molecule has 2 aromatic carbocycles. The van der Waals surface area contributed by atoms with Gasteiger partial charge in [0, 0.05) is 6.42 Å². The fourth-order valence-electron chi connectivity index (χ4n) is 1.83. The summed E-state index contributed by atoms with van der Waals surface area (Å²) < 4.78 is 0. The van der Waals surface area contributed by atoms with Gasteiger partial charge < -0.3 is 10.2 Å². The quantitative estimate of drug-likeness (QED) is 0.893. The fourth-order valence-corrected chi connectivity index (χ4v) is 1.83. The minimum Gasteiger partial charge on any atom is -0.390 e. The molecule has 0 heterocycles. The molecule has 0 radical (unpaired) electrons. The van der Waals surface area contributed by atoms with Crippen molar-refractivity contribution in [2.75, 3.05) is 0 Å². The summed E-state index contributed by atoms with van der Waals surface area (Å²) >= 11 is 0. The van der Waals surface area contributed by atoms with Crippen LogP contribution >= 0.6 is 0 Å². The van der Waals surface area contributed by atoms with Gasteiger partial charge in [-0.05, 0) is 31.9 Å². The van der Waals surface area contributed by atoms with Crippen molar-refractivity contribution in [1.29, 1.82) is 0 Å². The van der Waals surface area contributed by atoms with Gasteiger partial charge in [-0.2, -0.15) is 0 Å². The average molecular weight is 272 g/mol. The molecule has 2 N–H and O–H groups in total. The minimum atomic E-state index is -0.596. The Morgan fingerprint density at radius 2 is 1.35 bits per heavy atom. The maximum absolute atomic E-state index is 9.47. The number of benzene rings is 2. The Kier molecular flexibility index (Phi) is 6.43. The summed E-state index contributed by atoms with van der Waals surface area (Å²) in [5, 5.41) is 18.5. The summed E-state index contributed by atoms with van der Waals surface area (Å²) in [7, 11) is 0. The minimum absolute atomic E-state index is 0.341. The molecule has 1 atom stereocenters. The molecular formula is C18H24O2. The topological polar surface area (TPSA) is 40.5 Å². The highest BCUT2D eigenvalue weighted by atomic mass is 16.3. The number of hydrogen-bond acceptors (Lipinski definition) is 2. The van der Waals surface area contributed by atoms with Crippen LogP contribution in [0.15, 0.2) is 60.7 Å². The number of rotatable bonds is 3. The van der Waals surface area contributed by atoms with Crippen molar-refractivity contribution < 1.29 is 10.2 Å². The molecule has 108 valence electrons. The Labute approximate surface area is 121 Å². The Hall–Kier alpha value is -1.64. The Morgan fingerprint density at radius 1 is 0.900 bits per heavy atom. The van der Waals surface area contributed by atoms with Gasteiger partial charge in [0.1, 0.15) is 0 Å². The highest BCUT2D eigenvalue weighted by Gasteiger charge is 2.12. The molecule has 0 saturated carbocycles. The van der Waals surface area contributed by atoms with Crippen molar-refractivity contribution >= 4 is 0 Å². The Bertz CT molecular complexity index is 470. The highest BCUT2D eigenvalue weighted by Crippen LogP contribution is 2.11. The molecule has 0 amide bonds. The molecule has 0 aromatic heterocycles. The third-order valence-electron chi connectivity index (χ3n) is 2.76. The smallest absolute Gasteiger partial charge is 0.0761 e. The molecule has 0 aliphatic heterocycles. The zero-order valence-electron chi connectivity index (χ0n) is 12.5. The van der Waals surface area contributed by atoms with Crippen LogP contribution in [-0.2, 0) is 6.42 Å². The molecule has 2 aromatic rings. The van der Waals surface area contributed by atoms with Gasteiger partial charge in [-0.15, -0.1) is 0 Å². The van der Waals surface area contributed by atoms with E-state index in [1.165, 1.54) is 5.56 Å². The van der Waals surface area contributed by atoms with E-state index in [0.29, 0.717) is 6.42 Å². The largest absolute Gasteiger partial charge is 0.390 e. The third-order valence-corrected chi connectivity index (χ3v) is 2.76. The summed E-state index contributed by atoms with van der Waals surface area (Å²) in [4.78, 5) is 0. The van der Waals surface area contributed by atoms with E-state index in [1.54, 1.807) is 6.92 Å². The van der Waals surface area contributed by atoms with Crippen molar-refractivity contribution in [3.05, 3.63) is 71.8 Å². The van der Waals surface area contributed by atoms with Gasteiger partial charge >= 0.3 is 0 Å². The van der Waals surface area contributed by atoms with Crippen molar-refractivity contribution in [1.82, 2.24) is 0 Å². The van der Waals surface area contributed by atoms with Crippen LogP contribution in [0.25, 0.3) is 0 Å². The van der Waals surface area contributed by atoms with E-state index in [0.717, 1.165) is 5.56 Å². The molecule has 0 bridgehead atoms. The van der Waals surface area contributed by atoms with Crippen LogP contribution < -0.4 is 0 Å². The molecule has 0 aliphatic rings. The second kappa shape index (κ2) is 7.83. The van der Waals surface area contributed by atoms with Gasteiger partial charge in [0.2, 0.25) is 0 Å². The lowest BCUT2D eigenvalue weighted by atomic mass is 9.99. The van der Waals surface area contributed by atoms with Crippen LogP contribution in [0.5, 0.6) is 0 Å². The summed E-state index contributed by atoms with van der Waals surface area (Å²) in [5.74, 6) is 0. The SMILES string of the molecule is CC(C)(O)Cc1ccccc1.CC(O)c1ccccc1. The van der Waals surface area contributed by atoms with Crippen LogP contribution in [-0.4, -0.2) is 15.8 Å². The van der Waals surface area contributed by atoms with E-state index < -0.39 is 5.60 Å². The lowest BCUT2D eigenvalue weighted by Crippen LogP contribution is -2.21. The Balaban J connectivity index is 0.000000204. The molecule has 0 fully saturated rings. The van der Waals surface area contributed by atoms with Crippen LogP contribution in [0.1, 0.15) is 38.0 Å². The van der Waals surface area contributed by atoms with Crippen molar-refractivity contribution in [2.45, 2.75) is 38.9 Å². The zero-order valence-corrected chi connectivity index (χ0v) is 12.5. The summed E-state index contributed by atoms with van der Waals surface area (Å²) in [5.41, 5.74) is 1.55. The van der Waals surface area contributed by atoms with Gasteiger partial charge in [0.05, 0.1) is 11.7 Å². The van der Waals surface area contributed by atoms with E-state index in [1.807, 2.05) is 74.5 Å². The normalized spacial score (nSPS) is 12.2. The van der Waals surface area contributed by atoms with E-state index >= 15 is 0 Å². The highest BCUT2D eigenvalue weighted by molar-refractivity contribution is 5.17. The van der Waals surface area contributed by atoms with Crippen LogP contribution in [0.3, 0.4) is 0 Å². The van der Waals surface area contributed by atoms with Gasteiger partial charge in [-0.25, -0.2) is 0 Å². The molecule has 0 saturated heterocycles. The molecular weight excluding hydrogens is 248 g/mol. The van der Waals surface area contributed by atoms with Crippen molar-refractivity contribution in [3.63, 3.8) is 0 Å². The molecule has 20 heavy (non-hydrogen) atoms. The summed E-state index contributed by atoms with van der Waals surface area (Å²) in [6.45, 7) is 5.40. The van der Waals surface area contributed by atoms with Crippen molar-refractivity contribution in [2.24, 2.45) is 0 Å². The van der Waals surface area contributed by atoms with Gasteiger partial charge in [0.15, 0.2) is 0 Å². The van der Waals surface area contributed by atoms with Gasteiger partial charge in [-0.1, -0.05) is 60.7 Å². The molecule has 2 heteroatoms. The lowest BCUT2D eigenvalue weighted by molar-refractivity contribution is 0.0810. The molecule has 2 rings (SSSR count). The lowest BCUT2D eigenvalue weighted by Gasteiger charge is -2.16. The zero-order chi connectivity index (χ0) is 15.0. The Morgan fingerprint density at radius 3 is 1.70 bits per heavy atom. The second-order valence-electron chi connectivity index (χ2n) is 5.56.